The average Bonchev–Trinajstić information content (AvgIpc) is 2.61. The minimum Gasteiger partial charge on any atom is -0.340 e. The monoisotopic (exact) mass is 360 g/mol. The number of pyridine rings is 1. The van der Waals surface area contributed by atoms with E-state index in [1.165, 1.54) is 0 Å². The van der Waals surface area contributed by atoms with Crippen molar-refractivity contribution in [2.75, 3.05) is 5.32 Å². The van der Waals surface area contributed by atoms with Crippen LogP contribution in [0.5, 0.6) is 0 Å². The number of anilines is 2. The van der Waals surface area contributed by atoms with E-state index in [0.717, 1.165) is 39.1 Å². The van der Waals surface area contributed by atoms with Gasteiger partial charge in [0.25, 0.3) is 0 Å². The van der Waals surface area contributed by atoms with E-state index in [-0.39, 0.29) is 0 Å². The lowest BCUT2D eigenvalue weighted by molar-refractivity contribution is 1.20. The van der Waals surface area contributed by atoms with E-state index in [0.29, 0.717) is 10.8 Å². The Hall–Kier alpha value is -2.98. The third-order valence-electron chi connectivity index (χ3n) is 4.16. The summed E-state index contributed by atoms with van der Waals surface area (Å²) in [4.78, 5) is 13.7. The summed E-state index contributed by atoms with van der Waals surface area (Å²) < 4.78 is 0. The van der Waals surface area contributed by atoms with Gasteiger partial charge in [-0.1, -0.05) is 23.7 Å². The summed E-state index contributed by atoms with van der Waals surface area (Å²) in [5.41, 5.74) is 4.86. The molecule has 0 bridgehead atoms. The van der Waals surface area contributed by atoms with E-state index >= 15 is 0 Å². The fourth-order valence-electron chi connectivity index (χ4n) is 3.01. The van der Waals surface area contributed by atoms with Crippen molar-refractivity contribution in [3.8, 4) is 11.4 Å². The number of fused-ring (bicyclic) bond motifs is 1. The molecule has 0 spiro atoms. The molecular weight excluding hydrogens is 344 g/mol. The summed E-state index contributed by atoms with van der Waals surface area (Å²) in [7, 11) is 0. The predicted molar refractivity (Wildman–Crippen MR) is 107 cm³/mol. The Balaban J connectivity index is 1.91. The molecule has 1 N–H and O–H groups in total. The number of halogens is 1. The normalized spacial score (nSPS) is 10.9. The Morgan fingerprint density at radius 1 is 0.962 bits per heavy atom. The van der Waals surface area contributed by atoms with E-state index in [4.69, 9.17) is 21.6 Å². The molecule has 0 atom stereocenters. The summed E-state index contributed by atoms with van der Waals surface area (Å²) in [6.45, 7) is 4.07. The standard InChI is InChI=1S/C21H17ClN4/c1-13-9-16(22)11-17(10-13)24-21-19-14(2)5-3-7-18(19)25-20(26-21)15-6-4-8-23-12-15/h3-12H,1-2H3,(H,24,25,26). The first-order valence-electron chi connectivity index (χ1n) is 8.32. The second kappa shape index (κ2) is 6.73. The summed E-state index contributed by atoms with van der Waals surface area (Å²) in [6.07, 6.45) is 3.51. The molecule has 0 saturated carbocycles. The van der Waals surface area contributed by atoms with Gasteiger partial charge in [0.15, 0.2) is 5.82 Å². The lowest BCUT2D eigenvalue weighted by Gasteiger charge is -2.13. The topological polar surface area (TPSA) is 50.7 Å². The third kappa shape index (κ3) is 3.24. The molecule has 0 radical (unpaired) electrons. The number of nitrogens with zero attached hydrogens (tertiary/aromatic N) is 3. The van der Waals surface area contributed by atoms with Crippen LogP contribution < -0.4 is 5.32 Å². The molecular formula is C21H17ClN4. The molecule has 26 heavy (non-hydrogen) atoms. The lowest BCUT2D eigenvalue weighted by atomic mass is 10.1. The van der Waals surface area contributed by atoms with Crippen molar-refractivity contribution in [3.63, 3.8) is 0 Å². The predicted octanol–water partition coefficient (Wildman–Crippen LogP) is 5.71. The quantitative estimate of drug-likeness (QED) is 0.508. The first-order valence-corrected chi connectivity index (χ1v) is 8.70. The SMILES string of the molecule is Cc1cc(Cl)cc(Nc2nc(-c3cccnc3)nc3cccc(C)c23)c1. The van der Waals surface area contributed by atoms with E-state index in [2.05, 4.69) is 23.3 Å². The largest absolute Gasteiger partial charge is 0.340 e. The maximum atomic E-state index is 6.21. The second-order valence-corrected chi connectivity index (χ2v) is 6.69. The number of hydrogen-bond donors (Lipinski definition) is 1. The lowest BCUT2D eigenvalue weighted by Crippen LogP contribution is -2.01. The van der Waals surface area contributed by atoms with Crippen LogP contribution in [0.15, 0.2) is 60.9 Å². The molecule has 128 valence electrons. The number of hydrogen-bond acceptors (Lipinski definition) is 4. The van der Waals surface area contributed by atoms with Crippen LogP contribution in [0.4, 0.5) is 11.5 Å². The second-order valence-electron chi connectivity index (χ2n) is 6.25. The van der Waals surface area contributed by atoms with Crippen LogP contribution in [0.1, 0.15) is 11.1 Å². The molecule has 4 rings (SSSR count). The molecule has 0 aliphatic rings. The highest BCUT2D eigenvalue weighted by Gasteiger charge is 2.12. The Morgan fingerprint density at radius 2 is 1.85 bits per heavy atom. The summed E-state index contributed by atoms with van der Waals surface area (Å²) in [5.74, 6) is 1.39. The van der Waals surface area contributed by atoms with Gasteiger partial charge in [-0.25, -0.2) is 9.97 Å². The van der Waals surface area contributed by atoms with E-state index in [9.17, 15) is 0 Å². The van der Waals surface area contributed by atoms with E-state index in [1.54, 1.807) is 12.4 Å². The Labute approximate surface area is 156 Å². The van der Waals surface area contributed by atoms with Crippen LogP contribution >= 0.6 is 11.6 Å². The van der Waals surface area contributed by atoms with Gasteiger partial charge in [-0.2, -0.15) is 0 Å². The Morgan fingerprint density at radius 3 is 2.62 bits per heavy atom. The van der Waals surface area contributed by atoms with Gasteiger partial charge in [0, 0.05) is 34.1 Å². The van der Waals surface area contributed by atoms with Gasteiger partial charge in [-0.3, -0.25) is 4.98 Å². The zero-order valence-electron chi connectivity index (χ0n) is 14.5. The summed E-state index contributed by atoms with van der Waals surface area (Å²) in [6, 6.07) is 15.8. The minimum atomic E-state index is 0.637. The van der Waals surface area contributed by atoms with Crippen molar-refractivity contribution in [2.45, 2.75) is 13.8 Å². The highest BCUT2D eigenvalue weighted by Crippen LogP contribution is 2.30. The molecule has 0 amide bonds. The summed E-state index contributed by atoms with van der Waals surface area (Å²) in [5, 5.41) is 5.11. The number of aromatic nitrogens is 3. The van der Waals surface area contributed by atoms with Crippen LogP contribution in [0.25, 0.3) is 22.3 Å². The van der Waals surface area contributed by atoms with Crippen molar-refractivity contribution in [3.05, 3.63) is 77.1 Å². The summed E-state index contributed by atoms with van der Waals surface area (Å²) >= 11 is 6.21. The van der Waals surface area contributed by atoms with Gasteiger partial charge in [0.1, 0.15) is 5.82 Å². The maximum absolute atomic E-state index is 6.21. The van der Waals surface area contributed by atoms with Crippen LogP contribution in [-0.4, -0.2) is 15.0 Å². The number of nitrogens with one attached hydrogen (secondary N) is 1. The van der Waals surface area contributed by atoms with Crippen LogP contribution in [0.3, 0.4) is 0 Å². The molecule has 2 aromatic carbocycles. The molecule has 0 aliphatic heterocycles. The first-order chi connectivity index (χ1) is 12.6. The molecule has 5 heteroatoms. The van der Waals surface area contributed by atoms with Gasteiger partial charge in [-0.05, 0) is 61.4 Å². The van der Waals surface area contributed by atoms with Crippen molar-refractivity contribution in [1.29, 1.82) is 0 Å². The van der Waals surface area contributed by atoms with Gasteiger partial charge in [0.2, 0.25) is 0 Å². The zero-order valence-corrected chi connectivity index (χ0v) is 15.2. The number of benzene rings is 2. The fourth-order valence-corrected chi connectivity index (χ4v) is 3.30. The van der Waals surface area contributed by atoms with E-state index < -0.39 is 0 Å². The number of rotatable bonds is 3. The molecule has 2 aromatic heterocycles. The molecule has 0 fully saturated rings. The van der Waals surface area contributed by atoms with E-state index in [1.807, 2.05) is 49.4 Å². The molecule has 0 saturated heterocycles. The minimum absolute atomic E-state index is 0.637. The number of aryl methyl sites for hydroxylation is 2. The molecule has 4 nitrogen and oxygen atoms in total. The Bertz CT molecular complexity index is 1070. The Kier molecular flexibility index (Phi) is 4.27. The molecule has 2 heterocycles. The van der Waals surface area contributed by atoms with Gasteiger partial charge < -0.3 is 5.32 Å². The van der Waals surface area contributed by atoms with Crippen molar-refractivity contribution in [1.82, 2.24) is 15.0 Å². The van der Waals surface area contributed by atoms with Crippen molar-refractivity contribution < 1.29 is 0 Å². The zero-order chi connectivity index (χ0) is 18.1. The third-order valence-corrected chi connectivity index (χ3v) is 4.37. The van der Waals surface area contributed by atoms with Gasteiger partial charge in [-0.15, -0.1) is 0 Å². The van der Waals surface area contributed by atoms with Crippen molar-refractivity contribution >= 4 is 34.0 Å². The first kappa shape index (κ1) is 16.5. The van der Waals surface area contributed by atoms with Gasteiger partial charge in [0.05, 0.1) is 5.52 Å². The molecule has 4 aromatic rings. The molecule has 0 aliphatic carbocycles. The van der Waals surface area contributed by atoms with Crippen LogP contribution in [0, 0.1) is 13.8 Å². The highest BCUT2D eigenvalue weighted by molar-refractivity contribution is 6.31. The smallest absolute Gasteiger partial charge is 0.163 e. The van der Waals surface area contributed by atoms with Crippen molar-refractivity contribution in [2.24, 2.45) is 0 Å². The average molecular weight is 361 g/mol. The van der Waals surface area contributed by atoms with Crippen LogP contribution in [0.2, 0.25) is 5.02 Å². The highest BCUT2D eigenvalue weighted by atomic mass is 35.5. The van der Waals surface area contributed by atoms with Gasteiger partial charge >= 0.3 is 0 Å². The molecule has 0 unspecified atom stereocenters. The van der Waals surface area contributed by atoms with Crippen LogP contribution in [-0.2, 0) is 0 Å². The fraction of sp³-hybridized carbons (Fsp3) is 0.0952. The maximum Gasteiger partial charge on any atom is 0.163 e.